The van der Waals surface area contributed by atoms with E-state index in [1.54, 1.807) is 26.4 Å². The van der Waals surface area contributed by atoms with Gasteiger partial charge in [-0.25, -0.2) is 4.98 Å². The lowest BCUT2D eigenvalue weighted by molar-refractivity contribution is 0.0951. The molecule has 1 aromatic heterocycles. The molecule has 3 aromatic carbocycles. The number of hydrogen-bond acceptors (Lipinski definition) is 5. The van der Waals surface area contributed by atoms with Crippen LogP contribution < -0.4 is 19.5 Å². The third-order valence-electron chi connectivity index (χ3n) is 5.57. The number of para-hydroxylation sites is 3. The number of carbonyl (C=O) groups is 1. The third kappa shape index (κ3) is 5.49. The van der Waals surface area contributed by atoms with Gasteiger partial charge in [-0.1, -0.05) is 24.3 Å². The summed E-state index contributed by atoms with van der Waals surface area (Å²) in [6.45, 7) is 1.83. The van der Waals surface area contributed by atoms with Gasteiger partial charge in [0.25, 0.3) is 5.91 Å². The molecule has 7 heteroatoms. The molecule has 0 aliphatic carbocycles. The number of amides is 1. The number of aryl methyl sites for hydroxylation is 1. The molecule has 1 amide bonds. The Morgan fingerprint density at radius 2 is 1.65 bits per heavy atom. The number of imidazole rings is 1. The minimum atomic E-state index is -0.159. The summed E-state index contributed by atoms with van der Waals surface area (Å²) < 4.78 is 18.6. The quantitative estimate of drug-likeness (QED) is 0.335. The topological polar surface area (TPSA) is 74.6 Å². The van der Waals surface area contributed by atoms with Crippen LogP contribution >= 0.6 is 0 Å². The molecule has 0 radical (unpaired) electrons. The van der Waals surface area contributed by atoms with E-state index in [0.717, 1.165) is 41.3 Å². The van der Waals surface area contributed by atoms with Crippen molar-refractivity contribution in [1.82, 2.24) is 14.9 Å². The summed E-state index contributed by atoms with van der Waals surface area (Å²) in [7, 11) is 3.21. The predicted octanol–water partition coefficient (Wildman–Crippen LogP) is 4.50. The number of methoxy groups -OCH3 is 2. The molecule has 0 bridgehead atoms. The van der Waals surface area contributed by atoms with Gasteiger partial charge in [-0.3, -0.25) is 4.79 Å². The number of fused-ring (bicyclic) bond motifs is 1. The Morgan fingerprint density at radius 1 is 0.912 bits per heavy atom. The number of aromatic nitrogens is 2. The van der Waals surface area contributed by atoms with E-state index < -0.39 is 0 Å². The minimum Gasteiger partial charge on any atom is -0.497 e. The number of ether oxygens (including phenoxy) is 3. The van der Waals surface area contributed by atoms with Crippen molar-refractivity contribution in [2.24, 2.45) is 0 Å². The number of rotatable bonds is 11. The van der Waals surface area contributed by atoms with Crippen molar-refractivity contribution in [2.45, 2.75) is 19.4 Å². The summed E-state index contributed by atoms with van der Waals surface area (Å²) in [5.41, 5.74) is 2.55. The van der Waals surface area contributed by atoms with E-state index >= 15 is 0 Å². The van der Waals surface area contributed by atoms with E-state index in [9.17, 15) is 4.79 Å². The Morgan fingerprint density at radius 3 is 2.44 bits per heavy atom. The van der Waals surface area contributed by atoms with Crippen LogP contribution in [0.1, 0.15) is 22.6 Å². The lowest BCUT2D eigenvalue weighted by Gasteiger charge is -2.12. The molecule has 0 spiro atoms. The van der Waals surface area contributed by atoms with Crippen molar-refractivity contribution in [3.8, 4) is 17.2 Å². The maximum Gasteiger partial charge on any atom is 0.255 e. The van der Waals surface area contributed by atoms with Gasteiger partial charge in [0.1, 0.15) is 23.1 Å². The van der Waals surface area contributed by atoms with Crippen LogP contribution in [0.4, 0.5) is 0 Å². The van der Waals surface area contributed by atoms with Gasteiger partial charge in [0.05, 0.1) is 37.4 Å². The summed E-state index contributed by atoms with van der Waals surface area (Å²) in [5.74, 6) is 2.96. The number of benzene rings is 3. The molecule has 4 rings (SSSR count). The monoisotopic (exact) mass is 459 g/mol. The maximum atomic E-state index is 12.6. The fourth-order valence-corrected chi connectivity index (χ4v) is 3.87. The molecule has 7 nitrogen and oxygen atoms in total. The molecule has 4 aromatic rings. The summed E-state index contributed by atoms with van der Waals surface area (Å²) in [5, 5.41) is 2.98. The Balaban J connectivity index is 1.37. The zero-order valence-electron chi connectivity index (χ0n) is 19.5. The van der Waals surface area contributed by atoms with Crippen molar-refractivity contribution in [1.29, 1.82) is 0 Å². The Bertz CT molecular complexity index is 1230. The predicted molar refractivity (Wildman–Crippen MR) is 132 cm³/mol. The van der Waals surface area contributed by atoms with E-state index in [4.69, 9.17) is 19.2 Å². The second-order valence-electron chi connectivity index (χ2n) is 7.75. The molecule has 176 valence electrons. The summed E-state index contributed by atoms with van der Waals surface area (Å²) in [6, 6.07) is 22.9. The fraction of sp³-hybridized carbons (Fsp3) is 0.259. The van der Waals surface area contributed by atoms with E-state index in [-0.39, 0.29) is 5.91 Å². The lowest BCUT2D eigenvalue weighted by Crippen LogP contribution is -2.27. The van der Waals surface area contributed by atoms with E-state index in [0.29, 0.717) is 30.9 Å². The second-order valence-corrected chi connectivity index (χ2v) is 7.75. The summed E-state index contributed by atoms with van der Waals surface area (Å²) in [4.78, 5) is 17.4. The van der Waals surface area contributed by atoms with Crippen LogP contribution in [0.2, 0.25) is 0 Å². The normalized spacial score (nSPS) is 10.8. The van der Waals surface area contributed by atoms with Crippen molar-refractivity contribution in [3.05, 3.63) is 84.2 Å². The van der Waals surface area contributed by atoms with Crippen molar-refractivity contribution in [3.63, 3.8) is 0 Å². The first-order chi connectivity index (χ1) is 16.7. The Kier molecular flexibility index (Phi) is 7.65. The highest BCUT2D eigenvalue weighted by molar-refractivity contribution is 5.96. The van der Waals surface area contributed by atoms with Crippen LogP contribution in [0.25, 0.3) is 11.0 Å². The van der Waals surface area contributed by atoms with Crippen LogP contribution in [0.3, 0.4) is 0 Å². The van der Waals surface area contributed by atoms with Crippen molar-refractivity contribution < 1.29 is 19.0 Å². The number of carbonyl (C=O) groups excluding carboxylic acids is 1. The van der Waals surface area contributed by atoms with Gasteiger partial charge in [-0.15, -0.1) is 0 Å². The average Bonchev–Trinajstić information content (AvgIpc) is 3.24. The van der Waals surface area contributed by atoms with Crippen LogP contribution in [0, 0.1) is 0 Å². The average molecular weight is 460 g/mol. The maximum absolute atomic E-state index is 12.6. The first-order valence-corrected chi connectivity index (χ1v) is 11.3. The largest absolute Gasteiger partial charge is 0.497 e. The summed E-state index contributed by atoms with van der Waals surface area (Å²) >= 11 is 0. The molecule has 0 saturated carbocycles. The van der Waals surface area contributed by atoms with Crippen molar-refractivity contribution >= 4 is 16.9 Å². The molecule has 0 aliphatic heterocycles. The number of nitrogens with zero attached hydrogens (tertiary/aromatic N) is 2. The molecular weight excluding hydrogens is 430 g/mol. The smallest absolute Gasteiger partial charge is 0.255 e. The molecule has 0 fully saturated rings. The SMILES string of the molecule is COc1ccc(OCCCn2c(CCNC(=O)c3ccccc3OC)nc3ccccc32)cc1. The van der Waals surface area contributed by atoms with E-state index in [1.165, 1.54) is 0 Å². The van der Waals surface area contributed by atoms with Gasteiger partial charge < -0.3 is 24.1 Å². The second kappa shape index (κ2) is 11.2. The Hall–Kier alpha value is -4.00. The highest BCUT2D eigenvalue weighted by Gasteiger charge is 2.13. The van der Waals surface area contributed by atoms with Gasteiger partial charge in [-0.05, 0) is 55.0 Å². The van der Waals surface area contributed by atoms with Crippen LogP contribution in [0.15, 0.2) is 72.8 Å². The molecule has 0 saturated heterocycles. The zero-order valence-corrected chi connectivity index (χ0v) is 19.5. The molecular formula is C27H29N3O4. The molecule has 0 atom stereocenters. The first-order valence-electron chi connectivity index (χ1n) is 11.3. The van der Waals surface area contributed by atoms with Gasteiger partial charge in [0.15, 0.2) is 0 Å². The highest BCUT2D eigenvalue weighted by atomic mass is 16.5. The van der Waals surface area contributed by atoms with Gasteiger partial charge >= 0.3 is 0 Å². The van der Waals surface area contributed by atoms with Gasteiger partial charge in [-0.2, -0.15) is 0 Å². The fourth-order valence-electron chi connectivity index (χ4n) is 3.87. The molecule has 1 heterocycles. The van der Waals surface area contributed by atoms with Crippen LogP contribution in [-0.4, -0.2) is 42.8 Å². The highest BCUT2D eigenvalue weighted by Crippen LogP contribution is 2.20. The molecule has 0 aliphatic rings. The third-order valence-corrected chi connectivity index (χ3v) is 5.57. The lowest BCUT2D eigenvalue weighted by atomic mass is 10.2. The van der Waals surface area contributed by atoms with E-state index in [1.807, 2.05) is 54.6 Å². The number of nitrogens with one attached hydrogen (secondary N) is 1. The van der Waals surface area contributed by atoms with E-state index in [2.05, 4.69) is 16.0 Å². The van der Waals surface area contributed by atoms with Crippen molar-refractivity contribution in [2.75, 3.05) is 27.4 Å². The first kappa shape index (κ1) is 23.2. The van der Waals surface area contributed by atoms with Gasteiger partial charge in [0.2, 0.25) is 0 Å². The molecule has 0 unspecified atom stereocenters. The molecule has 1 N–H and O–H groups in total. The van der Waals surface area contributed by atoms with Gasteiger partial charge in [0, 0.05) is 19.5 Å². The zero-order chi connectivity index (χ0) is 23.8. The standard InChI is InChI=1S/C27H29N3O4/c1-32-20-12-14-21(15-13-20)34-19-7-18-30-24-10-5-4-9-23(24)29-26(30)16-17-28-27(31)22-8-3-6-11-25(22)33-2/h3-6,8-15H,7,16-19H2,1-2H3,(H,28,31). The minimum absolute atomic E-state index is 0.159. The molecule has 34 heavy (non-hydrogen) atoms. The van der Waals surface area contributed by atoms with Crippen LogP contribution in [0.5, 0.6) is 17.2 Å². The van der Waals surface area contributed by atoms with Crippen LogP contribution in [-0.2, 0) is 13.0 Å². The number of hydrogen-bond donors (Lipinski definition) is 1. The summed E-state index contributed by atoms with van der Waals surface area (Å²) in [6.07, 6.45) is 1.45. The Labute approximate surface area is 199 Å².